The minimum atomic E-state index is -4.36. The van der Waals surface area contributed by atoms with Gasteiger partial charge in [0.05, 0.1) is 5.56 Å². The van der Waals surface area contributed by atoms with E-state index in [0.717, 1.165) is 6.07 Å². The molecular formula is C15H22F3NO2. The molecule has 1 N–H and O–H groups in total. The third kappa shape index (κ3) is 5.65. The zero-order valence-corrected chi connectivity index (χ0v) is 12.5. The zero-order chi connectivity index (χ0) is 15.9. The average molecular weight is 305 g/mol. The van der Waals surface area contributed by atoms with Crippen LogP contribution in [0.3, 0.4) is 0 Å². The summed E-state index contributed by atoms with van der Waals surface area (Å²) in [5.41, 5.74) is -0.397. The highest BCUT2D eigenvalue weighted by atomic mass is 19.4. The van der Waals surface area contributed by atoms with Crippen molar-refractivity contribution in [2.24, 2.45) is 0 Å². The van der Waals surface area contributed by atoms with Crippen LogP contribution in [-0.4, -0.2) is 26.0 Å². The number of hydrogen-bond acceptors (Lipinski definition) is 3. The lowest BCUT2D eigenvalue weighted by molar-refractivity contribution is -0.139. The monoisotopic (exact) mass is 305 g/mol. The fraction of sp³-hybridized carbons (Fsp3) is 0.600. The first-order valence-corrected chi connectivity index (χ1v) is 7.02. The Morgan fingerprint density at radius 3 is 2.19 bits per heavy atom. The Balaban J connectivity index is 2.73. The number of halogens is 3. The van der Waals surface area contributed by atoms with E-state index in [4.69, 9.17) is 9.47 Å². The molecule has 3 nitrogen and oxygen atoms in total. The molecule has 0 saturated carbocycles. The van der Waals surface area contributed by atoms with Gasteiger partial charge < -0.3 is 14.8 Å². The summed E-state index contributed by atoms with van der Waals surface area (Å²) < 4.78 is 49.6. The average Bonchev–Trinajstić information content (AvgIpc) is 2.44. The van der Waals surface area contributed by atoms with E-state index < -0.39 is 24.1 Å². The number of hydrogen-bond donors (Lipinski definition) is 1. The first-order valence-electron chi connectivity index (χ1n) is 7.02. The molecule has 0 spiro atoms. The summed E-state index contributed by atoms with van der Waals surface area (Å²) >= 11 is 0. The SMILES string of the molecule is CCOC(CNC(C)c1ccccc1C(F)(F)F)OCC. The van der Waals surface area contributed by atoms with Gasteiger partial charge in [0.15, 0.2) is 6.29 Å². The molecule has 1 aromatic carbocycles. The molecule has 21 heavy (non-hydrogen) atoms. The molecule has 1 aromatic rings. The van der Waals surface area contributed by atoms with Crippen LogP contribution in [0.2, 0.25) is 0 Å². The zero-order valence-electron chi connectivity index (χ0n) is 12.5. The molecule has 0 aromatic heterocycles. The summed E-state index contributed by atoms with van der Waals surface area (Å²) in [6.45, 7) is 6.68. The lowest BCUT2D eigenvalue weighted by Crippen LogP contribution is -2.33. The van der Waals surface area contributed by atoms with Gasteiger partial charge in [-0.2, -0.15) is 13.2 Å². The molecule has 120 valence electrons. The number of alkyl halides is 3. The van der Waals surface area contributed by atoms with Crippen molar-refractivity contribution in [1.29, 1.82) is 0 Å². The summed E-state index contributed by atoms with van der Waals surface area (Å²) in [5, 5.41) is 3.03. The summed E-state index contributed by atoms with van der Waals surface area (Å²) in [6, 6.07) is 5.12. The van der Waals surface area contributed by atoms with Crippen LogP contribution in [0.4, 0.5) is 13.2 Å². The molecule has 0 aliphatic rings. The Morgan fingerprint density at radius 2 is 1.67 bits per heavy atom. The molecule has 0 amide bonds. The van der Waals surface area contributed by atoms with Crippen molar-refractivity contribution in [2.45, 2.75) is 39.3 Å². The van der Waals surface area contributed by atoms with Gasteiger partial charge in [-0.25, -0.2) is 0 Å². The minimum Gasteiger partial charge on any atom is -0.352 e. The Labute approximate surface area is 123 Å². The predicted molar refractivity (Wildman–Crippen MR) is 74.9 cm³/mol. The number of ether oxygens (including phenoxy) is 2. The van der Waals surface area contributed by atoms with Gasteiger partial charge in [-0.1, -0.05) is 18.2 Å². The molecule has 1 atom stereocenters. The summed E-state index contributed by atoms with van der Waals surface area (Å²) in [6.07, 6.45) is -4.81. The van der Waals surface area contributed by atoms with Crippen LogP contribution in [0, 0.1) is 0 Å². The molecule has 0 saturated heterocycles. The Morgan fingerprint density at radius 1 is 1.10 bits per heavy atom. The lowest BCUT2D eigenvalue weighted by Gasteiger charge is -2.23. The second kappa shape index (κ2) is 8.36. The van der Waals surface area contributed by atoms with E-state index in [9.17, 15) is 13.2 Å². The predicted octanol–water partition coefficient (Wildman–Crippen LogP) is 3.76. The van der Waals surface area contributed by atoms with Crippen LogP contribution in [0.5, 0.6) is 0 Å². The van der Waals surface area contributed by atoms with Gasteiger partial charge in [0, 0.05) is 25.8 Å². The second-order valence-corrected chi connectivity index (χ2v) is 4.56. The van der Waals surface area contributed by atoms with Gasteiger partial charge in [-0.05, 0) is 32.4 Å². The van der Waals surface area contributed by atoms with Gasteiger partial charge in [0.1, 0.15) is 0 Å². The molecular weight excluding hydrogens is 283 g/mol. The molecule has 0 radical (unpaired) electrons. The normalized spacial score (nSPS) is 13.7. The van der Waals surface area contributed by atoms with Crippen molar-refractivity contribution >= 4 is 0 Å². The lowest BCUT2D eigenvalue weighted by atomic mass is 10.0. The van der Waals surface area contributed by atoms with Gasteiger partial charge in [-0.15, -0.1) is 0 Å². The van der Waals surface area contributed by atoms with Crippen LogP contribution in [-0.2, 0) is 15.7 Å². The maximum atomic E-state index is 13.0. The summed E-state index contributed by atoms with van der Waals surface area (Å²) in [5.74, 6) is 0. The molecule has 0 heterocycles. The van der Waals surface area contributed by atoms with Crippen molar-refractivity contribution in [3.8, 4) is 0 Å². The maximum absolute atomic E-state index is 13.0. The fourth-order valence-electron chi connectivity index (χ4n) is 2.05. The van der Waals surface area contributed by atoms with Crippen molar-refractivity contribution in [1.82, 2.24) is 5.32 Å². The Kier molecular flexibility index (Phi) is 7.14. The van der Waals surface area contributed by atoms with E-state index >= 15 is 0 Å². The standard InChI is InChI=1S/C15H22F3NO2/c1-4-20-14(21-5-2)10-19-11(3)12-8-6-7-9-13(12)15(16,17)18/h6-9,11,14,19H,4-5,10H2,1-3H3. The highest BCUT2D eigenvalue weighted by molar-refractivity contribution is 5.32. The summed E-state index contributed by atoms with van der Waals surface area (Å²) in [4.78, 5) is 0. The fourth-order valence-corrected chi connectivity index (χ4v) is 2.05. The Hall–Kier alpha value is -1.11. The minimum absolute atomic E-state index is 0.219. The highest BCUT2D eigenvalue weighted by Crippen LogP contribution is 2.34. The number of rotatable bonds is 8. The molecule has 1 unspecified atom stereocenters. The van der Waals surface area contributed by atoms with E-state index in [-0.39, 0.29) is 5.56 Å². The highest BCUT2D eigenvalue weighted by Gasteiger charge is 2.34. The molecule has 1 rings (SSSR count). The molecule has 0 bridgehead atoms. The third-order valence-electron chi connectivity index (χ3n) is 3.03. The van der Waals surface area contributed by atoms with Crippen LogP contribution in [0.1, 0.15) is 37.9 Å². The summed E-state index contributed by atoms with van der Waals surface area (Å²) in [7, 11) is 0. The van der Waals surface area contributed by atoms with Crippen LogP contribution < -0.4 is 5.32 Å². The Bertz CT molecular complexity index is 418. The first kappa shape index (κ1) is 17.9. The quantitative estimate of drug-likeness (QED) is 0.742. The molecule has 0 fully saturated rings. The third-order valence-corrected chi connectivity index (χ3v) is 3.03. The van der Waals surface area contributed by atoms with E-state index in [1.54, 1.807) is 13.0 Å². The van der Waals surface area contributed by atoms with Crippen LogP contribution in [0.15, 0.2) is 24.3 Å². The van der Waals surface area contributed by atoms with Crippen LogP contribution in [0.25, 0.3) is 0 Å². The largest absolute Gasteiger partial charge is 0.416 e. The van der Waals surface area contributed by atoms with E-state index in [1.807, 2.05) is 13.8 Å². The number of nitrogens with one attached hydrogen (secondary N) is 1. The first-order chi connectivity index (χ1) is 9.90. The van der Waals surface area contributed by atoms with Crippen molar-refractivity contribution in [3.05, 3.63) is 35.4 Å². The number of benzene rings is 1. The van der Waals surface area contributed by atoms with Gasteiger partial charge in [0.2, 0.25) is 0 Å². The van der Waals surface area contributed by atoms with Crippen LogP contribution >= 0.6 is 0 Å². The topological polar surface area (TPSA) is 30.5 Å². The molecule has 0 aliphatic heterocycles. The van der Waals surface area contributed by atoms with E-state index in [2.05, 4.69) is 5.32 Å². The van der Waals surface area contributed by atoms with Gasteiger partial charge in [0.25, 0.3) is 0 Å². The van der Waals surface area contributed by atoms with Gasteiger partial charge >= 0.3 is 6.18 Å². The van der Waals surface area contributed by atoms with E-state index in [1.165, 1.54) is 12.1 Å². The maximum Gasteiger partial charge on any atom is 0.416 e. The van der Waals surface area contributed by atoms with Crippen molar-refractivity contribution in [3.63, 3.8) is 0 Å². The van der Waals surface area contributed by atoms with Crippen molar-refractivity contribution < 1.29 is 22.6 Å². The smallest absolute Gasteiger partial charge is 0.352 e. The van der Waals surface area contributed by atoms with E-state index in [0.29, 0.717) is 19.8 Å². The second-order valence-electron chi connectivity index (χ2n) is 4.56. The van der Waals surface area contributed by atoms with Gasteiger partial charge in [-0.3, -0.25) is 0 Å². The molecule has 0 aliphatic carbocycles. The molecule has 6 heteroatoms. The van der Waals surface area contributed by atoms with Crippen molar-refractivity contribution in [2.75, 3.05) is 19.8 Å².